The van der Waals surface area contributed by atoms with Crippen molar-refractivity contribution in [3.63, 3.8) is 0 Å². The van der Waals surface area contributed by atoms with E-state index in [4.69, 9.17) is 11.3 Å². The fourth-order valence-corrected chi connectivity index (χ4v) is 2.39. The molecule has 0 aromatic heterocycles. The van der Waals surface area contributed by atoms with Gasteiger partial charge in [-0.2, -0.15) is 0 Å². The van der Waals surface area contributed by atoms with Gasteiger partial charge < -0.3 is 10.1 Å². The van der Waals surface area contributed by atoms with Gasteiger partial charge in [0.25, 0.3) is 0 Å². The lowest BCUT2D eigenvalue weighted by atomic mass is 9.91. The number of carbonyl (C=O) groups is 1. The average molecular weight is 272 g/mol. The van der Waals surface area contributed by atoms with E-state index in [1.165, 1.54) is 0 Å². The summed E-state index contributed by atoms with van der Waals surface area (Å²) in [6.07, 6.45) is 1.22. The van der Waals surface area contributed by atoms with Crippen molar-refractivity contribution in [2.75, 3.05) is 11.9 Å². The minimum atomic E-state index is -0.436. The van der Waals surface area contributed by atoms with Crippen molar-refractivity contribution >= 4 is 17.3 Å². The van der Waals surface area contributed by atoms with Crippen LogP contribution in [0.1, 0.15) is 32.8 Å². The van der Waals surface area contributed by atoms with Gasteiger partial charge in [-0.05, 0) is 44.7 Å². The van der Waals surface area contributed by atoms with Gasteiger partial charge in [0.05, 0.1) is 13.0 Å². The highest BCUT2D eigenvalue weighted by molar-refractivity contribution is 5.71. The molecular weight excluding hydrogens is 252 g/mol. The van der Waals surface area contributed by atoms with Crippen LogP contribution in [-0.4, -0.2) is 18.1 Å². The highest BCUT2D eigenvalue weighted by Crippen LogP contribution is 2.30. The number of nitrogens with one attached hydrogen (secondary N) is 1. The fourth-order valence-electron chi connectivity index (χ4n) is 2.39. The van der Waals surface area contributed by atoms with Gasteiger partial charge >= 0.3 is 5.97 Å². The smallest absolute Gasteiger partial charge is 0.306 e. The number of esters is 1. The van der Waals surface area contributed by atoms with Gasteiger partial charge in [-0.15, -0.1) is 0 Å². The highest BCUT2D eigenvalue weighted by Gasteiger charge is 2.24. The summed E-state index contributed by atoms with van der Waals surface area (Å²) in [6, 6.07) is 5.65. The molecule has 1 aliphatic rings. The molecule has 106 valence electrons. The molecule has 4 heteroatoms. The summed E-state index contributed by atoms with van der Waals surface area (Å²) >= 11 is 0. The van der Waals surface area contributed by atoms with E-state index >= 15 is 0 Å². The summed E-state index contributed by atoms with van der Waals surface area (Å²) in [5, 5.41) is 3.32. The summed E-state index contributed by atoms with van der Waals surface area (Å²) in [5.74, 6) is 0.0624. The van der Waals surface area contributed by atoms with Gasteiger partial charge in [-0.3, -0.25) is 4.79 Å². The Balaban J connectivity index is 2.00. The van der Waals surface area contributed by atoms with Crippen LogP contribution < -0.4 is 5.32 Å². The Morgan fingerprint density at radius 3 is 2.90 bits per heavy atom. The van der Waals surface area contributed by atoms with Gasteiger partial charge in [-0.25, -0.2) is 4.85 Å². The maximum absolute atomic E-state index is 11.9. The number of benzene rings is 1. The molecule has 1 N–H and O–H groups in total. The first-order valence-corrected chi connectivity index (χ1v) is 6.83. The van der Waals surface area contributed by atoms with E-state index in [1.54, 1.807) is 0 Å². The number of fused-ring (bicyclic) bond motifs is 1. The Morgan fingerprint density at radius 2 is 2.25 bits per heavy atom. The number of nitrogens with zero attached hydrogens (tertiary/aromatic N) is 1. The van der Waals surface area contributed by atoms with Crippen molar-refractivity contribution in [2.45, 2.75) is 39.2 Å². The summed E-state index contributed by atoms with van der Waals surface area (Å²) in [5.41, 5.74) is 2.38. The SMILES string of the molecule is [C-]#[N+]c1ccc2c(c1)CC(CC(=O)OC(C)(C)C)CN2. The van der Waals surface area contributed by atoms with Crippen LogP contribution in [0.4, 0.5) is 11.4 Å². The second kappa shape index (κ2) is 5.54. The first kappa shape index (κ1) is 14.4. The number of hydrogen-bond acceptors (Lipinski definition) is 3. The van der Waals surface area contributed by atoms with Gasteiger partial charge in [0.2, 0.25) is 0 Å². The molecule has 0 spiro atoms. The van der Waals surface area contributed by atoms with Crippen LogP contribution in [0.15, 0.2) is 18.2 Å². The molecule has 0 radical (unpaired) electrons. The zero-order valence-corrected chi connectivity index (χ0v) is 12.2. The number of anilines is 1. The number of carbonyl (C=O) groups excluding carboxylic acids is 1. The topological polar surface area (TPSA) is 42.7 Å². The van der Waals surface area contributed by atoms with Crippen LogP contribution in [0.5, 0.6) is 0 Å². The second-order valence-corrected chi connectivity index (χ2v) is 6.19. The molecule has 2 rings (SSSR count). The molecule has 1 atom stereocenters. The minimum Gasteiger partial charge on any atom is -0.460 e. The molecule has 0 amide bonds. The largest absolute Gasteiger partial charge is 0.460 e. The molecule has 0 saturated carbocycles. The van der Waals surface area contributed by atoms with E-state index in [0.29, 0.717) is 12.1 Å². The quantitative estimate of drug-likeness (QED) is 0.661. The average Bonchev–Trinajstić information content (AvgIpc) is 2.35. The van der Waals surface area contributed by atoms with Crippen LogP contribution in [-0.2, 0) is 16.0 Å². The van der Waals surface area contributed by atoms with Crippen molar-refractivity contribution < 1.29 is 9.53 Å². The first-order chi connectivity index (χ1) is 9.37. The summed E-state index contributed by atoms with van der Waals surface area (Å²) in [4.78, 5) is 15.3. The van der Waals surface area contributed by atoms with Crippen LogP contribution >= 0.6 is 0 Å². The number of ether oxygens (including phenoxy) is 1. The third kappa shape index (κ3) is 3.74. The van der Waals surface area contributed by atoms with Gasteiger partial charge in [0.1, 0.15) is 5.60 Å². The summed E-state index contributed by atoms with van der Waals surface area (Å²) in [7, 11) is 0. The molecular formula is C16H20N2O2. The maximum atomic E-state index is 11.9. The summed E-state index contributed by atoms with van der Waals surface area (Å²) < 4.78 is 5.36. The monoisotopic (exact) mass is 272 g/mol. The van der Waals surface area contributed by atoms with Crippen molar-refractivity contribution in [1.82, 2.24) is 0 Å². The molecule has 1 unspecified atom stereocenters. The predicted octanol–water partition coefficient (Wildman–Crippen LogP) is 3.55. The molecule has 1 heterocycles. The lowest BCUT2D eigenvalue weighted by Gasteiger charge is -2.27. The number of rotatable bonds is 2. The van der Waals surface area contributed by atoms with E-state index in [2.05, 4.69) is 10.2 Å². The molecule has 20 heavy (non-hydrogen) atoms. The molecule has 0 aliphatic carbocycles. The zero-order chi connectivity index (χ0) is 14.8. The molecule has 1 aromatic rings. The molecule has 0 fully saturated rings. The Kier molecular flexibility index (Phi) is 3.99. The van der Waals surface area contributed by atoms with Gasteiger partial charge in [-0.1, -0.05) is 12.1 Å². The van der Waals surface area contributed by atoms with E-state index in [1.807, 2.05) is 39.0 Å². The van der Waals surface area contributed by atoms with Gasteiger partial charge in [0.15, 0.2) is 5.69 Å². The van der Waals surface area contributed by atoms with Gasteiger partial charge in [0, 0.05) is 12.2 Å². The van der Waals surface area contributed by atoms with E-state index in [9.17, 15) is 4.79 Å². The molecule has 1 aliphatic heterocycles. The molecule has 1 aromatic carbocycles. The zero-order valence-electron chi connectivity index (χ0n) is 12.2. The third-order valence-corrected chi connectivity index (χ3v) is 3.18. The lowest BCUT2D eigenvalue weighted by molar-refractivity contribution is -0.155. The first-order valence-electron chi connectivity index (χ1n) is 6.83. The van der Waals surface area contributed by atoms with Crippen LogP contribution in [0.2, 0.25) is 0 Å². The molecule has 4 nitrogen and oxygen atoms in total. The highest BCUT2D eigenvalue weighted by atomic mass is 16.6. The standard InChI is InChI=1S/C16H20N2O2/c1-16(2,3)20-15(19)8-11-7-12-9-13(17-4)5-6-14(12)18-10-11/h5-6,9,11,18H,7-8,10H2,1-3H3. The van der Waals surface area contributed by atoms with Crippen molar-refractivity contribution in [3.8, 4) is 0 Å². The number of hydrogen-bond donors (Lipinski definition) is 1. The Hall–Kier alpha value is -2.02. The second-order valence-electron chi connectivity index (χ2n) is 6.19. The van der Waals surface area contributed by atoms with E-state index in [-0.39, 0.29) is 11.9 Å². The Bertz CT molecular complexity index is 553. The van der Waals surface area contributed by atoms with Crippen LogP contribution in [0.3, 0.4) is 0 Å². The van der Waals surface area contributed by atoms with Crippen LogP contribution in [0.25, 0.3) is 4.85 Å². The Morgan fingerprint density at radius 1 is 1.50 bits per heavy atom. The minimum absolute atomic E-state index is 0.158. The Labute approximate surface area is 120 Å². The predicted molar refractivity (Wildman–Crippen MR) is 78.8 cm³/mol. The molecule has 0 bridgehead atoms. The van der Waals surface area contributed by atoms with Crippen molar-refractivity contribution in [2.24, 2.45) is 5.92 Å². The van der Waals surface area contributed by atoms with E-state index in [0.717, 1.165) is 24.2 Å². The van der Waals surface area contributed by atoms with Crippen molar-refractivity contribution in [3.05, 3.63) is 35.2 Å². The van der Waals surface area contributed by atoms with Crippen LogP contribution in [0, 0.1) is 12.5 Å². The van der Waals surface area contributed by atoms with Crippen molar-refractivity contribution in [1.29, 1.82) is 0 Å². The fraction of sp³-hybridized carbons (Fsp3) is 0.500. The normalized spacial score (nSPS) is 17.6. The maximum Gasteiger partial charge on any atom is 0.306 e. The lowest BCUT2D eigenvalue weighted by Crippen LogP contribution is -2.29. The molecule has 0 saturated heterocycles. The third-order valence-electron chi connectivity index (χ3n) is 3.18. The summed E-state index contributed by atoms with van der Waals surface area (Å²) in [6.45, 7) is 13.4. The van der Waals surface area contributed by atoms with E-state index < -0.39 is 5.60 Å².